The molecular formula is C15H21NO5. The van der Waals surface area contributed by atoms with E-state index in [9.17, 15) is 9.59 Å². The maximum atomic E-state index is 11.7. The minimum atomic E-state index is -1.04. The summed E-state index contributed by atoms with van der Waals surface area (Å²) in [7, 11) is 1.56. The molecule has 0 aliphatic rings. The fraction of sp³-hybridized carbons (Fsp3) is 0.467. The number of benzene rings is 1. The SMILES string of the molecule is COc1ccc(OCC(=O)NC(CC(C)C)C(=O)O)cc1. The third-order valence-corrected chi connectivity index (χ3v) is 2.77. The second-order valence-electron chi connectivity index (χ2n) is 5.05. The molecule has 21 heavy (non-hydrogen) atoms. The van der Waals surface area contributed by atoms with E-state index in [1.54, 1.807) is 31.4 Å². The summed E-state index contributed by atoms with van der Waals surface area (Å²) in [4.78, 5) is 22.8. The highest BCUT2D eigenvalue weighted by atomic mass is 16.5. The third-order valence-electron chi connectivity index (χ3n) is 2.77. The lowest BCUT2D eigenvalue weighted by Crippen LogP contribution is -2.43. The van der Waals surface area contributed by atoms with E-state index in [1.165, 1.54) is 0 Å². The molecule has 1 atom stereocenters. The van der Waals surface area contributed by atoms with Crippen LogP contribution in [0.1, 0.15) is 20.3 Å². The number of ether oxygens (including phenoxy) is 2. The summed E-state index contributed by atoms with van der Waals surface area (Å²) in [6, 6.07) is 5.89. The second-order valence-corrected chi connectivity index (χ2v) is 5.05. The van der Waals surface area contributed by atoms with E-state index in [1.807, 2.05) is 13.8 Å². The maximum absolute atomic E-state index is 11.7. The summed E-state index contributed by atoms with van der Waals surface area (Å²) in [5.74, 6) is -0.120. The van der Waals surface area contributed by atoms with Crippen LogP contribution in [0, 0.1) is 5.92 Å². The molecule has 0 bridgehead atoms. The number of carbonyl (C=O) groups is 2. The van der Waals surface area contributed by atoms with Gasteiger partial charge in [0.2, 0.25) is 0 Å². The summed E-state index contributed by atoms with van der Waals surface area (Å²) in [5, 5.41) is 11.5. The summed E-state index contributed by atoms with van der Waals surface area (Å²) in [6.07, 6.45) is 0.379. The number of rotatable bonds is 8. The Bertz CT molecular complexity index is 469. The zero-order valence-electron chi connectivity index (χ0n) is 12.5. The highest BCUT2D eigenvalue weighted by molar-refractivity contribution is 5.84. The van der Waals surface area contributed by atoms with Crippen molar-refractivity contribution in [2.75, 3.05) is 13.7 Å². The van der Waals surface area contributed by atoms with Crippen LogP contribution in [0.5, 0.6) is 11.5 Å². The minimum absolute atomic E-state index is 0.175. The number of aliphatic carboxylic acids is 1. The van der Waals surface area contributed by atoms with Crippen LogP contribution in [-0.4, -0.2) is 36.7 Å². The first-order valence-electron chi connectivity index (χ1n) is 6.71. The Morgan fingerprint density at radius 3 is 2.24 bits per heavy atom. The van der Waals surface area contributed by atoms with Crippen molar-refractivity contribution < 1.29 is 24.2 Å². The summed E-state index contributed by atoms with van der Waals surface area (Å²) >= 11 is 0. The van der Waals surface area contributed by atoms with Crippen LogP contribution in [0.4, 0.5) is 0 Å². The Hall–Kier alpha value is -2.24. The van der Waals surface area contributed by atoms with Crippen LogP contribution in [0.25, 0.3) is 0 Å². The first-order chi connectivity index (χ1) is 9.92. The average Bonchev–Trinajstić information content (AvgIpc) is 2.44. The molecule has 116 valence electrons. The number of carboxylic acid groups (broad SMARTS) is 1. The molecule has 1 aromatic rings. The fourth-order valence-corrected chi connectivity index (χ4v) is 1.75. The van der Waals surface area contributed by atoms with Gasteiger partial charge in [0.1, 0.15) is 17.5 Å². The van der Waals surface area contributed by atoms with Crippen LogP contribution >= 0.6 is 0 Å². The lowest BCUT2D eigenvalue weighted by molar-refractivity contribution is -0.142. The highest BCUT2D eigenvalue weighted by Crippen LogP contribution is 2.16. The molecule has 6 heteroatoms. The molecule has 0 saturated carbocycles. The number of hydrogen-bond donors (Lipinski definition) is 2. The van der Waals surface area contributed by atoms with Crippen LogP contribution in [0.2, 0.25) is 0 Å². The van der Waals surface area contributed by atoms with Gasteiger partial charge in [0.05, 0.1) is 7.11 Å². The van der Waals surface area contributed by atoms with Crippen molar-refractivity contribution in [3.8, 4) is 11.5 Å². The lowest BCUT2D eigenvalue weighted by atomic mass is 10.0. The molecule has 0 aliphatic heterocycles. The minimum Gasteiger partial charge on any atom is -0.497 e. The summed E-state index contributed by atoms with van der Waals surface area (Å²) < 4.78 is 10.3. The predicted octanol–water partition coefficient (Wildman–Crippen LogP) is 1.69. The predicted molar refractivity (Wildman–Crippen MR) is 77.5 cm³/mol. The monoisotopic (exact) mass is 295 g/mol. The Kier molecular flexibility index (Phi) is 6.52. The molecule has 1 amide bonds. The molecule has 1 unspecified atom stereocenters. The summed E-state index contributed by atoms with van der Waals surface area (Å²) in [6.45, 7) is 3.57. The lowest BCUT2D eigenvalue weighted by Gasteiger charge is -2.16. The van der Waals surface area contributed by atoms with Crippen LogP contribution in [0.3, 0.4) is 0 Å². The van der Waals surface area contributed by atoms with Crippen molar-refractivity contribution >= 4 is 11.9 Å². The first-order valence-corrected chi connectivity index (χ1v) is 6.71. The second kappa shape index (κ2) is 8.14. The molecule has 1 rings (SSSR count). The van der Waals surface area contributed by atoms with Gasteiger partial charge in [0, 0.05) is 0 Å². The molecule has 6 nitrogen and oxygen atoms in total. The van der Waals surface area contributed by atoms with Crippen molar-refractivity contribution in [1.29, 1.82) is 0 Å². The normalized spacial score (nSPS) is 11.8. The number of amides is 1. The number of hydrogen-bond acceptors (Lipinski definition) is 4. The largest absolute Gasteiger partial charge is 0.497 e. The van der Waals surface area contributed by atoms with Gasteiger partial charge in [-0.05, 0) is 36.6 Å². The van der Waals surface area contributed by atoms with Gasteiger partial charge in [-0.15, -0.1) is 0 Å². The Balaban J connectivity index is 2.46. The molecule has 0 saturated heterocycles. The fourth-order valence-electron chi connectivity index (χ4n) is 1.75. The maximum Gasteiger partial charge on any atom is 0.326 e. The topological polar surface area (TPSA) is 84.9 Å². The van der Waals surface area contributed by atoms with Crippen molar-refractivity contribution in [2.45, 2.75) is 26.3 Å². The van der Waals surface area contributed by atoms with Gasteiger partial charge in [0.25, 0.3) is 5.91 Å². The van der Waals surface area contributed by atoms with Crippen LogP contribution in [-0.2, 0) is 9.59 Å². The van der Waals surface area contributed by atoms with Crippen molar-refractivity contribution in [1.82, 2.24) is 5.32 Å². The van der Waals surface area contributed by atoms with Gasteiger partial charge in [0.15, 0.2) is 6.61 Å². The molecule has 0 fully saturated rings. The van der Waals surface area contributed by atoms with Gasteiger partial charge < -0.3 is 19.9 Å². The van der Waals surface area contributed by atoms with Crippen molar-refractivity contribution in [3.63, 3.8) is 0 Å². The quantitative estimate of drug-likeness (QED) is 0.762. The van der Waals surface area contributed by atoms with Gasteiger partial charge in [-0.2, -0.15) is 0 Å². The average molecular weight is 295 g/mol. The number of carbonyl (C=O) groups excluding carboxylic acids is 1. The zero-order chi connectivity index (χ0) is 15.8. The smallest absolute Gasteiger partial charge is 0.326 e. The van der Waals surface area contributed by atoms with E-state index >= 15 is 0 Å². The van der Waals surface area contributed by atoms with Crippen molar-refractivity contribution in [3.05, 3.63) is 24.3 Å². The summed E-state index contributed by atoms with van der Waals surface area (Å²) in [5.41, 5.74) is 0. The molecule has 1 aromatic carbocycles. The third kappa shape index (κ3) is 6.16. The molecular weight excluding hydrogens is 274 g/mol. The van der Waals surface area contributed by atoms with Crippen LogP contribution < -0.4 is 14.8 Å². The van der Waals surface area contributed by atoms with E-state index in [-0.39, 0.29) is 12.5 Å². The van der Waals surface area contributed by atoms with E-state index in [0.717, 1.165) is 0 Å². The van der Waals surface area contributed by atoms with Crippen LogP contribution in [0.15, 0.2) is 24.3 Å². The first kappa shape index (κ1) is 16.8. The molecule has 0 radical (unpaired) electrons. The Morgan fingerprint density at radius 2 is 1.76 bits per heavy atom. The molecule has 0 heterocycles. The number of nitrogens with one attached hydrogen (secondary N) is 1. The van der Waals surface area contributed by atoms with Gasteiger partial charge in [-0.3, -0.25) is 4.79 Å². The van der Waals surface area contributed by atoms with E-state index < -0.39 is 17.9 Å². The number of carboxylic acids is 1. The van der Waals surface area contributed by atoms with Crippen molar-refractivity contribution in [2.24, 2.45) is 5.92 Å². The standard InChI is InChI=1S/C15H21NO5/c1-10(2)8-13(15(18)19)16-14(17)9-21-12-6-4-11(20-3)5-7-12/h4-7,10,13H,8-9H2,1-3H3,(H,16,17)(H,18,19). The molecule has 0 aromatic heterocycles. The molecule has 0 aliphatic carbocycles. The van der Waals surface area contributed by atoms with E-state index in [2.05, 4.69) is 5.32 Å². The zero-order valence-corrected chi connectivity index (χ0v) is 12.5. The Labute approximate surface area is 124 Å². The highest BCUT2D eigenvalue weighted by Gasteiger charge is 2.21. The Morgan fingerprint density at radius 1 is 1.19 bits per heavy atom. The van der Waals surface area contributed by atoms with E-state index in [0.29, 0.717) is 17.9 Å². The van der Waals surface area contributed by atoms with E-state index in [4.69, 9.17) is 14.6 Å². The molecule has 0 spiro atoms. The van der Waals surface area contributed by atoms with Gasteiger partial charge in [-0.1, -0.05) is 13.8 Å². The van der Waals surface area contributed by atoms with Gasteiger partial charge >= 0.3 is 5.97 Å². The van der Waals surface area contributed by atoms with Gasteiger partial charge in [-0.25, -0.2) is 4.79 Å². The number of methoxy groups -OCH3 is 1. The molecule has 2 N–H and O–H groups in total.